The lowest BCUT2D eigenvalue weighted by atomic mass is 10.2. The van der Waals surface area contributed by atoms with Gasteiger partial charge in [-0.05, 0) is 206 Å². The minimum absolute atomic E-state index is 0.128. The highest BCUT2D eigenvalue weighted by Crippen LogP contribution is 2.13. The van der Waals surface area contributed by atoms with Crippen LogP contribution in [0.25, 0.3) is 0 Å². The highest BCUT2D eigenvalue weighted by molar-refractivity contribution is 5.87. The highest BCUT2D eigenvalue weighted by Gasteiger charge is 2.13. The zero-order valence-corrected chi connectivity index (χ0v) is 56.5. The van der Waals surface area contributed by atoms with Crippen LogP contribution in [0.1, 0.15) is 277 Å². The monoisotopic (exact) mass is 1330 g/mol. The van der Waals surface area contributed by atoms with Crippen LogP contribution in [0.3, 0.4) is 0 Å². The molecule has 0 aliphatic heterocycles. The highest BCUT2D eigenvalue weighted by atomic mass is 16.6. The number of methoxy groups -OCH3 is 1. The number of unbranched alkanes of at least 4 members (excludes halogenated alkanes) is 20. The van der Waals surface area contributed by atoms with Crippen molar-refractivity contribution in [3.8, 4) is 0 Å². The van der Waals surface area contributed by atoms with Gasteiger partial charge >= 0.3 is 71.6 Å². The van der Waals surface area contributed by atoms with Crippen LogP contribution in [-0.4, -0.2) is 151 Å². The van der Waals surface area contributed by atoms with E-state index in [1.165, 1.54) is 7.11 Å². The Hall–Kier alpha value is -6.62. The first-order chi connectivity index (χ1) is 45.0. The van der Waals surface area contributed by atoms with Crippen LogP contribution in [0.5, 0.6) is 0 Å². The van der Waals surface area contributed by atoms with Crippen molar-refractivity contribution in [2.24, 2.45) is 0 Å². The maximum atomic E-state index is 12.1. The Morgan fingerprint density at radius 1 is 0.194 bits per heavy atom. The summed E-state index contributed by atoms with van der Waals surface area (Å²) in [4.78, 5) is 142. The van der Waals surface area contributed by atoms with Gasteiger partial charge in [-0.2, -0.15) is 0 Å². The average Bonchev–Trinajstić information content (AvgIpc) is 3.54. The molecule has 0 saturated carbocycles. The fourth-order valence-corrected chi connectivity index (χ4v) is 8.67. The van der Waals surface area contributed by atoms with Crippen LogP contribution in [0.2, 0.25) is 0 Å². The summed E-state index contributed by atoms with van der Waals surface area (Å²) in [7, 11) is 1.36. The van der Waals surface area contributed by atoms with Crippen molar-refractivity contribution in [3.63, 3.8) is 0 Å². The second-order valence-electron chi connectivity index (χ2n) is 22.9. The second kappa shape index (κ2) is 64.1. The van der Waals surface area contributed by atoms with E-state index in [4.69, 9.17) is 52.1 Å². The molecule has 0 atom stereocenters. The van der Waals surface area contributed by atoms with Gasteiger partial charge in [-0.3, -0.25) is 52.7 Å². The molecule has 93 heavy (non-hydrogen) atoms. The quantitative estimate of drug-likeness (QED) is 0.0236. The maximum Gasteiger partial charge on any atom is 0.333 e. The van der Waals surface area contributed by atoms with Gasteiger partial charge in [-0.25, -0.2) is 4.79 Å². The van der Waals surface area contributed by atoms with Crippen molar-refractivity contribution >= 4 is 71.6 Å². The number of hydrogen-bond donors (Lipinski definition) is 0. The van der Waals surface area contributed by atoms with Crippen molar-refractivity contribution in [1.29, 1.82) is 0 Å². The lowest BCUT2D eigenvalue weighted by molar-refractivity contribution is -0.146. The molecule has 0 amide bonds. The van der Waals surface area contributed by atoms with E-state index >= 15 is 0 Å². The molecule has 0 radical (unpaired) electrons. The molecule has 0 aliphatic rings. The molecule has 534 valence electrons. The predicted octanol–water partition coefficient (Wildman–Crippen LogP) is 12.1. The van der Waals surface area contributed by atoms with E-state index in [1.54, 1.807) is 6.92 Å². The average molecular weight is 1330 g/mol. The van der Waals surface area contributed by atoms with Gasteiger partial charge < -0.3 is 56.8 Å². The summed E-state index contributed by atoms with van der Waals surface area (Å²) in [6, 6.07) is 0. The molecular weight excluding hydrogens is 1210 g/mol. The van der Waals surface area contributed by atoms with Gasteiger partial charge in [-0.15, -0.1) is 0 Å². The smallest absolute Gasteiger partial charge is 0.333 e. The lowest BCUT2D eigenvalue weighted by Crippen LogP contribution is -2.10. The number of rotatable bonds is 65. The molecule has 24 nitrogen and oxygen atoms in total. The van der Waals surface area contributed by atoms with E-state index in [9.17, 15) is 57.5 Å². The minimum Gasteiger partial charge on any atom is -0.469 e. The van der Waals surface area contributed by atoms with Crippen LogP contribution in [0.15, 0.2) is 12.2 Å². The van der Waals surface area contributed by atoms with Gasteiger partial charge in [0.1, 0.15) is 0 Å². The standard InChI is InChI=1S/C69H114O24/c1-57(2)69(81)93-56-34-45-68(80)92-55-33-13-23-44-67(79)91-54-32-12-22-43-66(78)90-53-31-11-21-42-65(77)89-52-30-10-20-41-64(76)88-51-29-9-19-40-63(75)87-50-28-8-18-39-62(74)86-49-27-7-17-38-61(73)85-48-26-6-16-37-60(72)84-47-25-5-15-36-59(71)83-46-24-4-14-35-58(70)82-3/h1,4-56H2,2-3H3. The van der Waals surface area contributed by atoms with Gasteiger partial charge in [0, 0.05) is 76.2 Å². The molecule has 0 aromatic rings. The Morgan fingerprint density at radius 3 is 0.484 bits per heavy atom. The van der Waals surface area contributed by atoms with E-state index in [0.717, 1.165) is 32.1 Å². The normalized spacial score (nSPS) is 10.7. The summed E-state index contributed by atoms with van der Waals surface area (Å²) in [6.45, 7) is 8.04. The summed E-state index contributed by atoms with van der Waals surface area (Å²) in [6.07, 6.45) is 23.5. The summed E-state index contributed by atoms with van der Waals surface area (Å²) in [5, 5.41) is 0. The summed E-state index contributed by atoms with van der Waals surface area (Å²) >= 11 is 0. The molecule has 0 heterocycles. The molecule has 0 aromatic carbocycles. The van der Waals surface area contributed by atoms with Crippen molar-refractivity contribution in [2.45, 2.75) is 277 Å². The summed E-state index contributed by atoms with van der Waals surface area (Å²) < 4.78 is 62.1. The number of esters is 12. The topological polar surface area (TPSA) is 316 Å². The number of hydrogen-bond acceptors (Lipinski definition) is 24. The Kier molecular flexibility index (Phi) is 59.5. The van der Waals surface area contributed by atoms with Gasteiger partial charge in [0.25, 0.3) is 0 Å². The van der Waals surface area contributed by atoms with Gasteiger partial charge in [0.05, 0.1) is 79.8 Å². The fourth-order valence-electron chi connectivity index (χ4n) is 8.67. The van der Waals surface area contributed by atoms with Crippen molar-refractivity contribution < 1.29 is 114 Å². The molecular formula is C69H114O24. The molecule has 24 heteroatoms. The molecule has 0 unspecified atom stereocenters. The van der Waals surface area contributed by atoms with Gasteiger partial charge in [0.2, 0.25) is 0 Å². The first-order valence-corrected chi connectivity index (χ1v) is 34.5. The van der Waals surface area contributed by atoms with Crippen LogP contribution in [-0.2, 0) is 114 Å². The largest absolute Gasteiger partial charge is 0.469 e. The lowest BCUT2D eigenvalue weighted by Gasteiger charge is -2.07. The Morgan fingerprint density at radius 2 is 0.333 bits per heavy atom. The molecule has 0 aromatic heterocycles. The molecule has 0 spiro atoms. The third-order valence-corrected chi connectivity index (χ3v) is 14.2. The van der Waals surface area contributed by atoms with Crippen molar-refractivity contribution in [2.75, 3.05) is 79.8 Å². The molecule has 0 aliphatic carbocycles. The van der Waals surface area contributed by atoms with Crippen LogP contribution in [0.4, 0.5) is 0 Å². The van der Waals surface area contributed by atoms with E-state index < -0.39 is 5.97 Å². The number of ether oxygens (including phenoxy) is 12. The Bertz CT molecular complexity index is 2070. The first kappa shape index (κ1) is 86.4. The second-order valence-corrected chi connectivity index (χ2v) is 22.9. The van der Waals surface area contributed by atoms with Crippen molar-refractivity contribution in [3.05, 3.63) is 12.2 Å². The van der Waals surface area contributed by atoms with E-state index in [-0.39, 0.29) is 176 Å². The predicted molar refractivity (Wildman–Crippen MR) is 341 cm³/mol. The Labute approximate surface area is 552 Å². The molecule has 0 N–H and O–H groups in total. The zero-order chi connectivity index (χ0) is 68.5. The summed E-state index contributed by atoms with van der Waals surface area (Å²) in [5.41, 5.74) is 0.303. The van der Waals surface area contributed by atoms with Gasteiger partial charge in [0.15, 0.2) is 0 Å². The van der Waals surface area contributed by atoms with Crippen LogP contribution < -0.4 is 0 Å². The maximum absolute atomic E-state index is 12.1. The molecule has 0 bridgehead atoms. The summed E-state index contributed by atoms with van der Waals surface area (Å²) in [5.74, 6) is -3.61. The molecule has 0 rings (SSSR count). The van der Waals surface area contributed by atoms with E-state index in [0.29, 0.717) is 205 Å². The van der Waals surface area contributed by atoms with Gasteiger partial charge in [-0.1, -0.05) is 6.58 Å². The SMILES string of the molecule is C=C(C)C(=O)OCCCC(=O)OCCCCCC(=O)OCCCCCC(=O)OCCCCCC(=O)OCCCCCC(=O)OCCCCCC(=O)OCCCCCC(=O)OCCCCCC(=O)OCCCCCC(=O)OCCCCCC(=O)OCCCCCC(=O)OC. The first-order valence-electron chi connectivity index (χ1n) is 34.5. The Balaban J connectivity index is 3.52. The third kappa shape index (κ3) is 63.9. The van der Waals surface area contributed by atoms with Crippen LogP contribution in [0, 0.1) is 0 Å². The zero-order valence-electron chi connectivity index (χ0n) is 56.5. The fraction of sp³-hybridized carbons (Fsp3) is 0.797. The minimum atomic E-state index is -0.486. The number of carbonyl (C=O) groups is 12. The number of carbonyl (C=O) groups excluding carboxylic acids is 12. The molecule has 0 fully saturated rings. The van der Waals surface area contributed by atoms with Crippen molar-refractivity contribution in [1.82, 2.24) is 0 Å². The van der Waals surface area contributed by atoms with Crippen LogP contribution >= 0.6 is 0 Å². The van der Waals surface area contributed by atoms with E-state index in [1.807, 2.05) is 0 Å². The molecule has 0 saturated heterocycles. The third-order valence-electron chi connectivity index (χ3n) is 14.2. The van der Waals surface area contributed by atoms with E-state index in [2.05, 4.69) is 11.3 Å².